The summed E-state index contributed by atoms with van der Waals surface area (Å²) in [5.41, 5.74) is 1.87. The van der Waals surface area contributed by atoms with Gasteiger partial charge >= 0.3 is 0 Å². The first-order valence-corrected chi connectivity index (χ1v) is 6.72. The molecule has 0 aliphatic rings. The molecule has 0 aromatic carbocycles. The number of fused-ring (bicyclic) bond motifs is 1. The molecule has 0 aliphatic carbocycles. The Kier molecular flexibility index (Phi) is 3.91. The van der Waals surface area contributed by atoms with Crippen LogP contribution in [0.25, 0.3) is 5.65 Å². The number of nitriles is 1. The van der Waals surface area contributed by atoms with Crippen LogP contribution in [-0.2, 0) is 0 Å². The second-order valence-corrected chi connectivity index (χ2v) is 4.77. The van der Waals surface area contributed by atoms with Gasteiger partial charge in [-0.05, 0) is 19.3 Å². The van der Waals surface area contributed by atoms with E-state index in [0.717, 1.165) is 24.3 Å². The van der Waals surface area contributed by atoms with Crippen molar-refractivity contribution in [1.29, 1.82) is 5.26 Å². The molecule has 1 atom stereocenters. The van der Waals surface area contributed by atoms with Gasteiger partial charge in [0.05, 0.1) is 6.20 Å². The lowest BCUT2D eigenvalue weighted by Crippen LogP contribution is -2.11. The molecule has 6 heteroatoms. The van der Waals surface area contributed by atoms with E-state index in [4.69, 9.17) is 16.9 Å². The number of halogens is 1. The Bertz CT molecular complexity index is 641. The maximum Gasteiger partial charge on any atom is 0.176 e. The monoisotopic (exact) mass is 277 g/mol. The minimum absolute atomic E-state index is 0.271. The molecule has 100 valence electrons. The van der Waals surface area contributed by atoms with Crippen LogP contribution in [0.2, 0.25) is 5.15 Å². The fourth-order valence-corrected chi connectivity index (χ4v) is 2.39. The summed E-state index contributed by atoms with van der Waals surface area (Å²) in [7, 11) is 0. The molecule has 2 rings (SSSR count). The minimum atomic E-state index is 0.271. The average molecular weight is 278 g/mol. The number of nitrogens with one attached hydrogen (secondary N) is 1. The van der Waals surface area contributed by atoms with Crippen molar-refractivity contribution in [3.63, 3.8) is 0 Å². The minimum Gasteiger partial charge on any atom is -0.370 e. The normalized spacial score (nSPS) is 12.4. The molecule has 2 aromatic rings. The fourth-order valence-electron chi connectivity index (χ4n) is 2.04. The first-order chi connectivity index (χ1) is 9.13. The zero-order chi connectivity index (χ0) is 14.0. The first kappa shape index (κ1) is 13.6. The SMILES string of the molecule is CCNc1c(C(C)CC)c(Cl)nc2c(C#N)cnn12. The molecule has 0 fully saturated rings. The van der Waals surface area contributed by atoms with Gasteiger partial charge in [0, 0.05) is 12.1 Å². The van der Waals surface area contributed by atoms with Crippen molar-refractivity contribution >= 4 is 23.1 Å². The van der Waals surface area contributed by atoms with Crippen molar-refractivity contribution < 1.29 is 0 Å². The molecule has 0 spiro atoms. The van der Waals surface area contributed by atoms with E-state index >= 15 is 0 Å². The predicted octanol–water partition coefficient (Wildman–Crippen LogP) is 3.20. The molecular formula is C13H16ClN5. The molecular weight excluding hydrogens is 262 g/mol. The van der Waals surface area contributed by atoms with Gasteiger partial charge in [0.2, 0.25) is 0 Å². The summed E-state index contributed by atoms with van der Waals surface area (Å²) in [5, 5.41) is 17.0. The third-order valence-corrected chi connectivity index (χ3v) is 3.50. The third kappa shape index (κ3) is 2.24. The van der Waals surface area contributed by atoms with Crippen LogP contribution in [0.1, 0.15) is 44.2 Å². The number of hydrogen-bond donors (Lipinski definition) is 1. The van der Waals surface area contributed by atoms with Crippen LogP contribution in [0.5, 0.6) is 0 Å². The van der Waals surface area contributed by atoms with Gasteiger partial charge in [0.1, 0.15) is 22.6 Å². The van der Waals surface area contributed by atoms with Crippen LogP contribution >= 0.6 is 11.6 Å². The third-order valence-electron chi connectivity index (χ3n) is 3.21. The van der Waals surface area contributed by atoms with E-state index in [0.29, 0.717) is 16.4 Å². The van der Waals surface area contributed by atoms with E-state index in [-0.39, 0.29) is 5.92 Å². The number of anilines is 1. The van der Waals surface area contributed by atoms with Crippen molar-refractivity contribution in [3.8, 4) is 6.07 Å². The van der Waals surface area contributed by atoms with Crippen LogP contribution in [0, 0.1) is 11.3 Å². The number of hydrogen-bond acceptors (Lipinski definition) is 4. The predicted molar refractivity (Wildman–Crippen MR) is 75.6 cm³/mol. The van der Waals surface area contributed by atoms with E-state index in [2.05, 4.69) is 35.3 Å². The lowest BCUT2D eigenvalue weighted by atomic mass is 10.0. The largest absolute Gasteiger partial charge is 0.370 e. The van der Waals surface area contributed by atoms with Gasteiger partial charge < -0.3 is 5.32 Å². The quantitative estimate of drug-likeness (QED) is 0.872. The van der Waals surface area contributed by atoms with Gasteiger partial charge in [-0.2, -0.15) is 14.9 Å². The number of aromatic nitrogens is 3. The van der Waals surface area contributed by atoms with Gasteiger partial charge in [-0.25, -0.2) is 4.98 Å². The van der Waals surface area contributed by atoms with Gasteiger partial charge in [0.25, 0.3) is 0 Å². The zero-order valence-corrected chi connectivity index (χ0v) is 12.0. The van der Waals surface area contributed by atoms with Crippen molar-refractivity contribution in [2.75, 3.05) is 11.9 Å². The Labute approximate surface area is 117 Å². The van der Waals surface area contributed by atoms with E-state index in [9.17, 15) is 0 Å². The maximum atomic E-state index is 9.05. The zero-order valence-electron chi connectivity index (χ0n) is 11.2. The summed E-state index contributed by atoms with van der Waals surface area (Å²) < 4.78 is 1.66. The summed E-state index contributed by atoms with van der Waals surface area (Å²) in [4.78, 5) is 4.32. The van der Waals surface area contributed by atoms with E-state index in [1.807, 2.05) is 6.92 Å². The van der Waals surface area contributed by atoms with Gasteiger partial charge in [-0.1, -0.05) is 25.4 Å². The molecule has 19 heavy (non-hydrogen) atoms. The highest BCUT2D eigenvalue weighted by Gasteiger charge is 2.20. The van der Waals surface area contributed by atoms with Gasteiger partial charge in [0.15, 0.2) is 5.65 Å². The summed E-state index contributed by atoms with van der Waals surface area (Å²) in [6.45, 7) is 6.96. The summed E-state index contributed by atoms with van der Waals surface area (Å²) in [5.74, 6) is 1.10. The van der Waals surface area contributed by atoms with Crippen LogP contribution < -0.4 is 5.32 Å². The summed E-state index contributed by atoms with van der Waals surface area (Å²) in [6, 6.07) is 2.08. The molecule has 1 unspecified atom stereocenters. The lowest BCUT2D eigenvalue weighted by molar-refractivity contribution is 0.720. The Morgan fingerprint density at radius 3 is 2.84 bits per heavy atom. The Morgan fingerprint density at radius 1 is 1.53 bits per heavy atom. The van der Waals surface area contributed by atoms with Gasteiger partial charge in [-0.15, -0.1) is 0 Å². The Morgan fingerprint density at radius 2 is 2.26 bits per heavy atom. The van der Waals surface area contributed by atoms with Crippen LogP contribution in [0.4, 0.5) is 5.82 Å². The van der Waals surface area contributed by atoms with Crippen LogP contribution in [-0.4, -0.2) is 21.1 Å². The standard InChI is InChI=1S/C13H16ClN5/c1-4-8(3)10-11(14)18-12-9(6-15)7-17-19(12)13(10)16-5-2/h7-8,16H,4-5H2,1-3H3. The Hall–Kier alpha value is -1.80. The fraction of sp³-hybridized carbons (Fsp3) is 0.462. The molecule has 0 aliphatic heterocycles. The van der Waals surface area contributed by atoms with Crippen molar-refractivity contribution in [1.82, 2.24) is 14.6 Å². The molecule has 0 amide bonds. The van der Waals surface area contributed by atoms with Crippen LogP contribution in [0.3, 0.4) is 0 Å². The molecule has 0 saturated heterocycles. The topological polar surface area (TPSA) is 66.0 Å². The molecule has 0 radical (unpaired) electrons. The lowest BCUT2D eigenvalue weighted by Gasteiger charge is -2.18. The Balaban J connectivity index is 2.78. The number of rotatable bonds is 4. The molecule has 2 heterocycles. The van der Waals surface area contributed by atoms with E-state index in [1.165, 1.54) is 6.20 Å². The molecule has 0 bridgehead atoms. The highest BCUT2D eigenvalue weighted by atomic mass is 35.5. The average Bonchev–Trinajstić information content (AvgIpc) is 2.81. The first-order valence-electron chi connectivity index (χ1n) is 6.35. The maximum absolute atomic E-state index is 9.05. The van der Waals surface area contributed by atoms with E-state index < -0.39 is 0 Å². The van der Waals surface area contributed by atoms with Crippen LogP contribution in [0.15, 0.2) is 6.20 Å². The smallest absolute Gasteiger partial charge is 0.176 e. The highest BCUT2D eigenvalue weighted by Crippen LogP contribution is 2.33. The second kappa shape index (κ2) is 5.45. The van der Waals surface area contributed by atoms with Crippen molar-refractivity contribution in [2.24, 2.45) is 0 Å². The molecule has 1 N–H and O–H groups in total. The molecule has 5 nitrogen and oxygen atoms in total. The highest BCUT2D eigenvalue weighted by molar-refractivity contribution is 6.30. The molecule has 0 saturated carbocycles. The summed E-state index contributed by atoms with van der Waals surface area (Å²) >= 11 is 6.30. The summed E-state index contributed by atoms with van der Waals surface area (Å²) in [6.07, 6.45) is 2.47. The van der Waals surface area contributed by atoms with E-state index in [1.54, 1.807) is 4.52 Å². The molecule has 2 aromatic heterocycles. The van der Waals surface area contributed by atoms with Crippen molar-refractivity contribution in [2.45, 2.75) is 33.1 Å². The number of nitrogens with zero attached hydrogens (tertiary/aromatic N) is 4. The van der Waals surface area contributed by atoms with Gasteiger partial charge in [-0.3, -0.25) is 0 Å². The second-order valence-electron chi connectivity index (χ2n) is 4.41. The van der Waals surface area contributed by atoms with Crippen molar-refractivity contribution in [3.05, 3.63) is 22.5 Å².